The van der Waals surface area contributed by atoms with Gasteiger partial charge >= 0.3 is 0 Å². The highest BCUT2D eigenvalue weighted by molar-refractivity contribution is 5.86. The van der Waals surface area contributed by atoms with Crippen LogP contribution in [0.2, 0.25) is 0 Å². The summed E-state index contributed by atoms with van der Waals surface area (Å²) >= 11 is 0. The number of nitrogens with one attached hydrogen (secondary N) is 1. The molecule has 0 spiro atoms. The lowest BCUT2D eigenvalue weighted by Gasteiger charge is -2.24. The van der Waals surface area contributed by atoms with Gasteiger partial charge in [-0.2, -0.15) is 5.10 Å². The highest BCUT2D eigenvalue weighted by atomic mass is 16.2. The van der Waals surface area contributed by atoms with Crippen molar-refractivity contribution in [1.29, 1.82) is 0 Å². The number of piperidine rings is 1. The molecule has 4 heteroatoms. The lowest BCUT2D eigenvalue weighted by molar-refractivity contribution is -0.125. The number of amides is 1. The van der Waals surface area contributed by atoms with Crippen molar-refractivity contribution >= 4 is 16.8 Å². The Kier molecular flexibility index (Phi) is 3.12. The van der Waals surface area contributed by atoms with Crippen LogP contribution in [0.25, 0.3) is 10.9 Å². The Morgan fingerprint density at radius 3 is 2.81 bits per heavy atom. The number of benzene rings is 1. The highest BCUT2D eigenvalue weighted by Gasteiger charge is 2.27. The van der Waals surface area contributed by atoms with E-state index in [1.807, 2.05) is 10.9 Å². The second-order valence-corrected chi connectivity index (χ2v) is 6.76. The van der Waals surface area contributed by atoms with E-state index in [1.54, 1.807) is 0 Å². The van der Waals surface area contributed by atoms with Crippen molar-refractivity contribution in [2.24, 2.45) is 0 Å². The molecule has 1 aliphatic heterocycles. The predicted molar refractivity (Wildman–Crippen MR) is 84.0 cm³/mol. The number of nitrogens with zero attached hydrogens (tertiary/aromatic N) is 2. The molecule has 21 heavy (non-hydrogen) atoms. The molecule has 0 aliphatic carbocycles. The lowest BCUT2D eigenvalue weighted by atomic mass is 9.86. The van der Waals surface area contributed by atoms with Gasteiger partial charge in [0.1, 0.15) is 6.04 Å². The minimum absolute atomic E-state index is 0.0175. The minimum atomic E-state index is -0.242. The quantitative estimate of drug-likeness (QED) is 0.873. The summed E-state index contributed by atoms with van der Waals surface area (Å²) in [6.07, 6.45) is 3.40. The van der Waals surface area contributed by atoms with Crippen molar-refractivity contribution in [3.63, 3.8) is 0 Å². The van der Waals surface area contributed by atoms with Gasteiger partial charge < -0.3 is 5.32 Å². The van der Waals surface area contributed by atoms with Gasteiger partial charge in [-0.1, -0.05) is 33.4 Å². The van der Waals surface area contributed by atoms with Crippen molar-refractivity contribution in [2.75, 3.05) is 0 Å². The summed E-state index contributed by atoms with van der Waals surface area (Å²) < 4.78 is 1.84. The fraction of sp³-hybridized carbons (Fsp3) is 0.412. The fourth-order valence-electron chi connectivity index (χ4n) is 2.76. The summed E-state index contributed by atoms with van der Waals surface area (Å²) in [6.45, 7) is 10.4. The molecule has 4 nitrogen and oxygen atoms in total. The molecule has 0 bridgehead atoms. The van der Waals surface area contributed by atoms with Crippen LogP contribution in [-0.4, -0.2) is 15.7 Å². The maximum Gasteiger partial charge on any atom is 0.249 e. The average Bonchev–Trinajstić information content (AvgIpc) is 2.80. The first kappa shape index (κ1) is 13.9. The van der Waals surface area contributed by atoms with Crippen molar-refractivity contribution in [3.8, 4) is 0 Å². The first-order valence-corrected chi connectivity index (χ1v) is 7.32. The second kappa shape index (κ2) is 4.72. The maximum absolute atomic E-state index is 12.1. The third kappa shape index (κ3) is 2.46. The van der Waals surface area contributed by atoms with E-state index in [1.165, 1.54) is 5.56 Å². The smallest absolute Gasteiger partial charge is 0.249 e. The number of aromatic nitrogens is 2. The number of rotatable bonds is 1. The number of hydrogen-bond donors (Lipinski definition) is 1. The molecule has 0 radical (unpaired) electrons. The molecular weight excluding hydrogens is 262 g/mol. The SMILES string of the molecule is C=C1CCC(n2ncc3cc(C(C)(C)C)ccc32)C(=O)N1. The Bertz CT molecular complexity index is 721. The van der Waals surface area contributed by atoms with Crippen molar-refractivity contribution in [1.82, 2.24) is 15.1 Å². The molecule has 1 N–H and O–H groups in total. The largest absolute Gasteiger partial charge is 0.329 e. The molecule has 1 amide bonds. The van der Waals surface area contributed by atoms with Crippen LogP contribution in [0.4, 0.5) is 0 Å². The molecule has 1 aromatic heterocycles. The number of fused-ring (bicyclic) bond motifs is 1. The first-order chi connectivity index (χ1) is 9.86. The molecule has 1 saturated heterocycles. The maximum atomic E-state index is 12.1. The molecule has 3 rings (SSSR count). The molecule has 1 aromatic carbocycles. The van der Waals surface area contributed by atoms with Gasteiger partial charge in [-0.15, -0.1) is 0 Å². The lowest BCUT2D eigenvalue weighted by Crippen LogP contribution is -2.36. The second-order valence-electron chi connectivity index (χ2n) is 6.76. The number of allylic oxidation sites excluding steroid dienone is 1. The average molecular weight is 283 g/mol. The molecule has 2 aromatic rings. The predicted octanol–water partition coefficient (Wildman–Crippen LogP) is 3.30. The van der Waals surface area contributed by atoms with Gasteiger partial charge in [-0.3, -0.25) is 9.48 Å². The van der Waals surface area contributed by atoms with Crippen molar-refractivity contribution < 1.29 is 4.79 Å². The zero-order valence-electron chi connectivity index (χ0n) is 12.8. The van der Waals surface area contributed by atoms with Crippen LogP contribution in [0, 0.1) is 0 Å². The number of carbonyl (C=O) groups excluding carboxylic acids is 1. The Balaban J connectivity index is 2.01. The van der Waals surface area contributed by atoms with E-state index in [9.17, 15) is 4.79 Å². The third-order valence-corrected chi connectivity index (χ3v) is 4.08. The zero-order valence-corrected chi connectivity index (χ0v) is 12.8. The molecule has 2 heterocycles. The van der Waals surface area contributed by atoms with Crippen LogP contribution in [0.5, 0.6) is 0 Å². The topological polar surface area (TPSA) is 46.9 Å². The van der Waals surface area contributed by atoms with Crippen molar-refractivity contribution in [3.05, 3.63) is 42.2 Å². The van der Waals surface area contributed by atoms with Gasteiger partial charge in [0.15, 0.2) is 0 Å². The Morgan fingerprint density at radius 2 is 2.14 bits per heavy atom. The van der Waals surface area contributed by atoms with E-state index in [4.69, 9.17) is 0 Å². The monoisotopic (exact) mass is 283 g/mol. The molecular formula is C17H21N3O. The van der Waals surface area contributed by atoms with E-state index in [0.29, 0.717) is 0 Å². The third-order valence-electron chi connectivity index (χ3n) is 4.08. The first-order valence-electron chi connectivity index (χ1n) is 7.32. The highest BCUT2D eigenvalue weighted by Crippen LogP contribution is 2.29. The molecule has 0 saturated carbocycles. The van der Waals surface area contributed by atoms with Crippen LogP contribution in [0.15, 0.2) is 36.7 Å². The summed E-state index contributed by atoms with van der Waals surface area (Å²) in [5.74, 6) is -0.0175. The summed E-state index contributed by atoms with van der Waals surface area (Å²) in [5.41, 5.74) is 3.19. The van der Waals surface area contributed by atoms with Crippen LogP contribution in [-0.2, 0) is 10.2 Å². The van der Waals surface area contributed by atoms with Crippen molar-refractivity contribution in [2.45, 2.75) is 45.1 Å². The van der Waals surface area contributed by atoms with E-state index in [0.717, 1.165) is 29.4 Å². The van der Waals surface area contributed by atoms with E-state index in [-0.39, 0.29) is 17.4 Å². The number of hydrogen-bond acceptors (Lipinski definition) is 2. The van der Waals surface area contributed by atoms with E-state index in [2.05, 4.69) is 56.0 Å². The van der Waals surface area contributed by atoms with E-state index < -0.39 is 0 Å². The molecule has 110 valence electrons. The Hall–Kier alpha value is -2.10. The Morgan fingerprint density at radius 1 is 1.38 bits per heavy atom. The van der Waals surface area contributed by atoms with Gasteiger partial charge in [0.2, 0.25) is 5.91 Å². The molecule has 1 fully saturated rings. The zero-order chi connectivity index (χ0) is 15.2. The number of carbonyl (C=O) groups is 1. The van der Waals surface area contributed by atoms with Gasteiger partial charge in [0.25, 0.3) is 0 Å². The summed E-state index contributed by atoms with van der Waals surface area (Å²) in [4.78, 5) is 12.1. The van der Waals surface area contributed by atoms with Gasteiger partial charge in [0, 0.05) is 11.1 Å². The normalized spacial score (nSPS) is 19.9. The van der Waals surface area contributed by atoms with Gasteiger partial charge in [-0.25, -0.2) is 0 Å². The van der Waals surface area contributed by atoms with Crippen LogP contribution >= 0.6 is 0 Å². The summed E-state index contributed by atoms with van der Waals surface area (Å²) in [7, 11) is 0. The Labute approximate surface area is 124 Å². The molecule has 1 aliphatic rings. The van der Waals surface area contributed by atoms with Crippen LogP contribution in [0.1, 0.15) is 45.2 Å². The summed E-state index contributed by atoms with van der Waals surface area (Å²) in [6, 6.07) is 6.12. The van der Waals surface area contributed by atoms with Crippen LogP contribution in [0.3, 0.4) is 0 Å². The van der Waals surface area contributed by atoms with E-state index >= 15 is 0 Å². The fourth-order valence-corrected chi connectivity index (χ4v) is 2.76. The standard InChI is InChI=1S/C17H21N3O/c1-11-5-7-15(16(21)19-11)20-14-8-6-13(17(2,3)4)9-12(14)10-18-20/h6,8-10,15H,1,5,7H2,2-4H3,(H,19,21). The molecule has 1 atom stereocenters. The summed E-state index contributed by atoms with van der Waals surface area (Å²) in [5, 5.41) is 8.35. The minimum Gasteiger partial charge on any atom is -0.329 e. The van der Waals surface area contributed by atoms with Crippen LogP contribution < -0.4 is 5.32 Å². The van der Waals surface area contributed by atoms with Gasteiger partial charge in [0.05, 0.1) is 11.7 Å². The van der Waals surface area contributed by atoms with Gasteiger partial charge in [-0.05, 0) is 36.0 Å². The molecule has 1 unspecified atom stereocenters.